The van der Waals surface area contributed by atoms with Crippen LogP contribution in [0, 0.1) is 0 Å². The van der Waals surface area contributed by atoms with Gasteiger partial charge in [-0.2, -0.15) is 0 Å². The monoisotopic (exact) mass is 529 g/mol. The molecule has 3 heterocycles. The molecule has 1 atom stereocenters. The van der Waals surface area contributed by atoms with Gasteiger partial charge in [-0.05, 0) is 35.9 Å². The highest BCUT2D eigenvalue weighted by Crippen LogP contribution is 2.40. The molecule has 0 bridgehead atoms. The maximum absolute atomic E-state index is 6.61. The van der Waals surface area contributed by atoms with Crippen molar-refractivity contribution < 1.29 is 4.42 Å². The van der Waals surface area contributed by atoms with Crippen molar-refractivity contribution in [3.63, 3.8) is 0 Å². The van der Waals surface area contributed by atoms with E-state index < -0.39 is 0 Å². The minimum absolute atomic E-state index is 0.0205. The molecule has 1 unspecified atom stereocenters. The molecule has 8 rings (SSSR count). The zero-order chi connectivity index (χ0) is 27.3. The highest BCUT2D eigenvalue weighted by atomic mass is 16.3. The van der Waals surface area contributed by atoms with Crippen LogP contribution >= 0.6 is 0 Å². The fourth-order valence-electron chi connectivity index (χ4n) is 6.07. The SMILES string of the molecule is CN1C(n2c3ccccc3c3c4oc(-c5ccccc5)cc4ccc32)=NC(c2ccccc2)=CC1c1ccccc1. The first-order valence-electron chi connectivity index (χ1n) is 13.9. The smallest absolute Gasteiger partial charge is 0.211 e. The van der Waals surface area contributed by atoms with E-state index in [4.69, 9.17) is 9.41 Å². The van der Waals surface area contributed by atoms with E-state index in [1.54, 1.807) is 0 Å². The van der Waals surface area contributed by atoms with Gasteiger partial charge in [0.25, 0.3) is 0 Å². The van der Waals surface area contributed by atoms with Gasteiger partial charge in [0.05, 0.1) is 28.2 Å². The Bertz CT molecular complexity index is 2100. The summed E-state index contributed by atoms with van der Waals surface area (Å²) < 4.78 is 8.90. The number of likely N-dealkylation sites (N-methyl/N-ethyl adjacent to an activating group) is 1. The largest absolute Gasteiger partial charge is 0.455 e. The number of benzene rings is 5. The number of furan rings is 1. The molecule has 4 heteroatoms. The number of para-hydroxylation sites is 1. The second-order valence-electron chi connectivity index (χ2n) is 10.5. The third kappa shape index (κ3) is 3.80. The Morgan fingerprint density at radius 2 is 1.32 bits per heavy atom. The maximum Gasteiger partial charge on any atom is 0.211 e. The summed E-state index contributed by atoms with van der Waals surface area (Å²) in [5, 5.41) is 3.33. The van der Waals surface area contributed by atoms with Crippen LogP contribution in [0.25, 0.3) is 49.8 Å². The quantitative estimate of drug-likeness (QED) is 0.229. The first-order chi connectivity index (χ1) is 20.3. The summed E-state index contributed by atoms with van der Waals surface area (Å²) in [6, 6.07) is 46.5. The van der Waals surface area contributed by atoms with Gasteiger partial charge in [-0.15, -0.1) is 0 Å². The van der Waals surface area contributed by atoms with Crippen molar-refractivity contribution in [3.8, 4) is 11.3 Å². The van der Waals surface area contributed by atoms with Crippen molar-refractivity contribution >= 4 is 44.4 Å². The molecular weight excluding hydrogens is 502 g/mol. The van der Waals surface area contributed by atoms with Gasteiger partial charge in [0.15, 0.2) is 0 Å². The summed E-state index contributed by atoms with van der Waals surface area (Å²) in [7, 11) is 2.13. The predicted octanol–water partition coefficient (Wildman–Crippen LogP) is 9.14. The van der Waals surface area contributed by atoms with Crippen molar-refractivity contribution in [1.82, 2.24) is 9.47 Å². The molecule has 2 aromatic heterocycles. The molecule has 1 aliphatic heterocycles. The lowest BCUT2D eigenvalue weighted by Gasteiger charge is -2.34. The van der Waals surface area contributed by atoms with Crippen molar-refractivity contribution in [2.75, 3.05) is 7.05 Å². The number of aliphatic imine (C=N–C) groups is 1. The fraction of sp³-hybridized carbons (Fsp3) is 0.0541. The van der Waals surface area contributed by atoms with Crippen LogP contribution in [-0.2, 0) is 0 Å². The van der Waals surface area contributed by atoms with Gasteiger partial charge in [0.2, 0.25) is 5.96 Å². The Morgan fingerprint density at radius 3 is 2.07 bits per heavy atom. The highest BCUT2D eigenvalue weighted by molar-refractivity contribution is 6.22. The standard InChI is InChI=1S/C37H27N3O/c1-39-33(26-15-7-3-8-16-26)24-30(25-13-5-2-6-14-25)38-37(39)40-31-20-12-11-19-29(31)35-32(40)22-21-28-23-34(41-36(28)35)27-17-9-4-10-18-27/h2-24,33H,1H3. The first kappa shape index (κ1) is 23.5. The Balaban J connectivity index is 1.40. The van der Waals surface area contributed by atoms with Crippen LogP contribution < -0.4 is 0 Å². The molecule has 0 saturated heterocycles. The zero-order valence-electron chi connectivity index (χ0n) is 22.6. The van der Waals surface area contributed by atoms with Crippen LogP contribution in [-0.4, -0.2) is 22.5 Å². The molecule has 196 valence electrons. The van der Waals surface area contributed by atoms with Crippen LogP contribution in [0.3, 0.4) is 0 Å². The summed E-state index contributed by atoms with van der Waals surface area (Å²) in [5.74, 6) is 1.75. The third-order valence-corrected chi connectivity index (χ3v) is 8.06. The van der Waals surface area contributed by atoms with E-state index in [2.05, 4.69) is 132 Å². The molecule has 7 aromatic rings. The number of fused-ring (bicyclic) bond motifs is 5. The van der Waals surface area contributed by atoms with E-state index in [9.17, 15) is 0 Å². The molecular formula is C37H27N3O. The van der Waals surface area contributed by atoms with Gasteiger partial charge < -0.3 is 9.32 Å². The molecule has 0 fully saturated rings. The fourth-order valence-corrected chi connectivity index (χ4v) is 6.07. The molecule has 0 saturated carbocycles. The van der Waals surface area contributed by atoms with Gasteiger partial charge >= 0.3 is 0 Å². The lowest BCUT2D eigenvalue weighted by Crippen LogP contribution is -2.37. The summed E-state index contributed by atoms with van der Waals surface area (Å²) in [6.45, 7) is 0. The Hall–Kier alpha value is -5.35. The zero-order valence-corrected chi connectivity index (χ0v) is 22.6. The van der Waals surface area contributed by atoms with E-state index in [0.717, 1.165) is 61.3 Å². The summed E-state index contributed by atoms with van der Waals surface area (Å²) in [4.78, 5) is 7.59. The maximum atomic E-state index is 6.61. The number of hydrogen-bond acceptors (Lipinski definition) is 3. The molecule has 0 aliphatic carbocycles. The molecule has 41 heavy (non-hydrogen) atoms. The summed E-state index contributed by atoms with van der Waals surface area (Å²) in [6.07, 6.45) is 2.26. The van der Waals surface area contributed by atoms with E-state index in [1.807, 2.05) is 24.3 Å². The summed E-state index contributed by atoms with van der Waals surface area (Å²) in [5.41, 5.74) is 7.41. The average molecular weight is 530 g/mol. The number of nitrogens with zero attached hydrogens (tertiary/aromatic N) is 3. The van der Waals surface area contributed by atoms with Crippen molar-refractivity contribution in [2.24, 2.45) is 4.99 Å². The number of hydrogen-bond donors (Lipinski definition) is 0. The molecule has 5 aromatic carbocycles. The topological polar surface area (TPSA) is 33.7 Å². The molecule has 0 spiro atoms. The van der Waals surface area contributed by atoms with E-state index >= 15 is 0 Å². The van der Waals surface area contributed by atoms with E-state index in [-0.39, 0.29) is 6.04 Å². The van der Waals surface area contributed by atoms with Crippen LogP contribution in [0.15, 0.2) is 149 Å². The summed E-state index contributed by atoms with van der Waals surface area (Å²) >= 11 is 0. The number of aromatic nitrogens is 1. The normalized spacial score (nSPS) is 15.4. The minimum atomic E-state index is 0.0205. The van der Waals surface area contributed by atoms with Crippen molar-refractivity contribution in [3.05, 3.63) is 151 Å². The Labute approximate surface area is 238 Å². The van der Waals surface area contributed by atoms with Gasteiger partial charge in [0, 0.05) is 28.9 Å². The van der Waals surface area contributed by atoms with Gasteiger partial charge in [0.1, 0.15) is 11.3 Å². The Kier molecular flexibility index (Phi) is 5.39. The molecule has 4 nitrogen and oxygen atoms in total. The van der Waals surface area contributed by atoms with Crippen LogP contribution in [0.1, 0.15) is 17.2 Å². The number of rotatable bonds is 3. The lowest BCUT2D eigenvalue weighted by atomic mass is 10.0. The minimum Gasteiger partial charge on any atom is -0.455 e. The predicted molar refractivity (Wildman–Crippen MR) is 169 cm³/mol. The van der Waals surface area contributed by atoms with Gasteiger partial charge in [-0.25, -0.2) is 4.99 Å². The second-order valence-corrected chi connectivity index (χ2v) is 10.5. The average Bonchev–Trinajstić information content (AvgIpc) is 3.62. The molecule has 0 N–H and O–H groups in total. The van der Waals surface area contributed by atoms with Crippen LogP contribution in [0.4, 0.5) is 0 Å². The molecule has 0 amide bonds. The van der Waals surface area contributed by atoms with Crippen molar-refractivity contribution in [2.45, 2.75) is 6.04 Å². The Morgan fingerprint density at radius 1 is 0.659 bits per heavy atom. The van der Waals surface area contributed by atoms with Gasteiger partial charge in [-0.1, -0.05) is 109 Å². The lowest BCUT2D eigenvalue weighted by molar-refractivity contribution is 0.422. The molecule has 1 aliphatic rings. The highest BCUT2D eigenvalue weighted by Gasteiger charge is 2.28. The first-order valence-corrected chi connectivity index (χ1v) is 13.9. The van der Waals surface area contributed by atoms with E-state index in [1.165, 1.54) is 5.56 Å². The van der Waals surface area contributed by atoms with Crippen LogP contribution in [0.5, 0.6) is 0 Å². The third-order valence-electron chi connectivity index (χ3n) is 8.06. The van der Waals surface area contributed by atoms with Crippen molar-refractivity contribution in [1.29, 1.82) is 0 Å². The van der Waals surface area contributed by atoms with Crippen LogP contribution in [0.2, 0.25) is 0 Å². The second kappa shape index (κ2) is 9.39. The van der Waals surface area contributed by atoms with Gasteiger partial charge in [-0.3, -0.25) is 4.57 Å². The van der Waals surface area contributed by atoms with E-state index in [0.29, 0.717) is 0 Å². The molecule has 0 radical (unpaired) electrons.